The highest BCUT2D eigenvalue weighted by Crippen LogP contribution is 2.21. The summed E-state index contributed by atoms with van der Waals surface area (Å²) >= 11 is 0. The minimum Gasteiger partial charge on any atom is -0.386 e. The predicted octanol–water partition coefficient (Wildman–Crippen LogP) is 2.94. The fraction of sp³-hybridized carbons (Fsp3) is 0.214. The maximum absolute atomic E-state index is 13.5. The van der Waals surface area contributed by atoms with Gasteiger partial charge in [0.1, 0.15) is 6.10 Å². The van der Waals surface area contributed by atoms with Crippen LogP contribution in [0.15, 0.2) is 36.5 Å². The maximum Gasteiger partial charge on any atom is 0.162 e. The summed E-state index contributed by atoms with van der Waals surface area (Å²) in [7, 11) is 0. The molecule has 0 saturated heterocycles. The van der Waals surface area contributed by atoms with E-state index in [0.29, 0.717) is 5.69 Å². The molecule has 0 saturated carbocycles. The zero-order valence-electron chi connectivity index (χ0n) is 9.90. The molecule has 0 amide bonds. The van der Waals surface area contributed by atoms with Crippen LogP contribution in [0.25, 0.3) is 0 Å². The summed E-state index contributed by atoms with van der Waals surface area (Å²) in [6.07, 6.45) is 0.622. The molecule has 2 rings (SSSR count). The lowest BCUT2D eigenvalue weighted by Crippen LogP contribution is -2.08. The molecule has 1 heterocycles. The van der Waals surface area contributed by atoms with Gasteiger partial charge in [0.15, 0.2) is 11.6 Å². The largest absolute Gasteiger partial charge is 0.386 e. The van der Waals surface area contributed by atoms with Gasteiger partial charge in [-0.25, -0.2) is 8.78 Å². The third-order valence-corrected chi connectivity index (χ3v) is 2.81. The maximum atomic E-state index is 13.5. The van der Waals surface area contributed by atoms with Gasteiger partial charge in [0.05, 0.1) is 5.69 Å². The third-order valence-electron chi connectivity index (χ3n) is 2.81. The molecule has 0 spiro atoms. The standard InChI is InChI=1S/C14H13F2NO/c1-9-4-3-7-17-14(9)12(18)8-10-5-2-6-11(15)13(10)16/h2-7,12,18H,8H2,1H3. The number of aromatic nitrogens is 1. The summed E-state index contributed by atoms with van der Waals surface area (Å²) in [5, 5.41) is 10.0. The highest BCUT2D eigenvalue weighted by molar-refractivity contribution is 5.24. The van der Waals surface area contributed by atoms with Crippen molar-refractivity contribution in [3.8, 4) is 0 Å². The van der Waals surface area contributed by atoms with Crippen LogP contribution in [0, 0.1) is 18.6 Å². The number of aliphatic hydroxyl groups is 1. The molecule has 1 unspecified atom stereocenters. The van der Waals surface area contributed by atoms with Crippen molar-refractivity contribution < 1.29 is 13.9 Å². The number of hydrogen-bond acceptors (Lipinski definition) is 2. The first kappa shape index (κ1) is 12.6. The van der Waals surface area contributed by atoms with E-state index in [-0.39, 0.29) is 12.0 Å². The van der Waals surface area contributed by atoms with Crippen LogP contribution in [0.1, 0.15) is 22.9 Å². The highest BCUT2D eigenvalue weighted by Gasteiger charge is 2.16. The number of benzene rings is 1. The van der Waals surface area contributed by atoms with Crippen LogP contribution in [0.2, 0.25) is 0 Å². The third kappa shape index (κ3) is 2.54. The van der Waals surface area contributed by atoms with E-state index in [2.05, 4.69) is 4.98 Å². The predicted molar refractivity (Wildman–Crippen MR) is 64.0 cm³/mol. The van der Waals surface area contributed by atoms with Gasteiger partial charge in [-0.3, -0.25) is 4.98 Å². The lowest BCUT2D eigenvalue weighted by molar-refractivity contribution is 0.171. The van der Waals surface area contributed by atoms with Gasteiger partial charge in [-0.05, 0) is 30.2 Å². The lowest BCUT2D eigenvalue weighted by atomic mass is 10.0. The Kier molecular flexibility index (Phi) is 3.67. The molecule has 0 aliphatic heterocycles. The van der Waals surface area contributed by atoms with Crippen molar-refractivity contribution in [1.29, 1.82) is 0 Å². The molecular formula is C14H13F2NO. The summed E-state index contributed by atoms with van der Waals surface area (Å²) in [6, 6.07) is 7.50. The van der Waals surface area contributed by atoms with Gasteiger partial charge in [0.25, 0.3) is 0 Å². The molecule has 18 heavy (non-hydrogen) atoms. The van der Waals surface area contributed by atoms with E-state index in [1.54, 1.807) is 12.3 Å². The van der Waals surface area contributed by atoms with E-state index in [1.807, 2.05) is 13.0 Å². The summed E-state index contributed by atoms with van der Waals surface area (Å²) in [5.74, 6) is -1.82. The molecule has 0 radical (unpaired) electrons. The van der Waals surface area contributed by atoms with Crippen LogP contribution >= 0.6 is 0 Å². The molecule has 2 nitrogen and oxygen atoms in total. The molecule has 0 aliphatic rings. The molecule has 94 valence electrons. The summed E-state index contributed by atoms with van der Waals surface area (Å²) in [6.45, 7) is 1.81. The molecule has 0 bridgehead atoms. The number of pyridine rings is 1. The summed E-state index contributed by atoms with van der Waals surface area (Å²) in [4.78, 5) is 4.06. The normalized spacial score (nSPS) is 12.4. The number of aryl methyl sites for hydroxylation is 1. The number of halogens is 2. The SMILES string of the molecule is Cc1cccnc1C(O)Cc1cccc(F)c1F. The van der Waals surface area contributed by atoms with Gasteiger partial charge in [0, 0.05) is 12.6 Å². The van der Waals surface area contributed by atoms with Gasteiger partial charge in [-0.15, -0.1) is 0 Å². The second kappa shape index (κ2) is 5.23. The molecule has 1 aromatic carbocycles. The van der Waals surface area contributed by atoms with E-state index >= 15 is 0 Å². The number of hydrogen-bond donors (Lipinski definition) is 1. The minimum absolute atomic E-state index is 0.00144. The summed E-state index contributed by atoms with van der Waals surface area (Å²) < 4.78 is 26.5. The highest BCUT2D eigenvalue weighted by atomic mass is 19.2. The van der Waals surface area contributed by atoms with Crippen molar-refractivity contribution in [2.24, 2.45) is 0 Å². The molecule has 2 aromatic rings. The topological polar surface area (TPSA) is 33.1 Å². The van der Waals surface area contributed by atoms with E-state index in [0.717, 1.165) is 11.6 Å². The van der Waals surface area contributed by atoms with E-state index in [4.69, 9.17) is 0 Å². The van der Waals surface area contributed by atoms with E-state index < -0.39 is 17.7 Å². The Bertz CT molecular complexity index is 557. The van der Waals surface area contributed by atoms with Crippen LogP contribution in [-0.2, 0) is 6.42 Å². The fourth-order valence-electron chi connectivity index (χ4n) is 1.86. The Labute approximate surface area is 104 Å². The van der Waals surface area contributed by atoms with Crippen molar-refractivity contribution in [1.82, 2.24) is 4.98 Å². The van der Waals surface area contributed by atoms with Gasteiger partial charge >= 0.3 is 0 Å². The molecular weight excluding hydrogens is 236 g/mol. The van der Waals surface area contributed by atoms with Gasteiger partial charge in [-0.2, -0.15) is 0 Å². The Morgan fingerprint density at radius 2 is 2.00 bits per heavy atom. The quantitative estimate of drug-likeness (QED) is 0.907. The summed E-state index contributed by atoms with van der Waals surface area (Å²) in [5.41, 5.74) is 1.45. The Balaban J connectivity index is 2.24. The van der Waals surface area contributed by atoms with E-state index in [1.165, 1.54) is 12.1 Å². The lowest BCUT2D eigenvalue weighted by Gasteiger charge is -2.13. The number of nitrogens with zero attached hydrogens (tertiary/aromatic N) is 1. The average molecular weight is 249 g/mol. The number of aliphatic hydroxyl groups excluding tert-OH is 1. The van der Waals surface area contributed by atoms with Crippen molar-refractivity contribution >= 4 is 0 Å². The first-order valence-electron chi connectivity index (χ1n) is 5.62. The zero-order valence-corrected chi connectivity index (χ0v) is 9.90. The average Bonchev–Trinajstić information content (AvgIpc) is 2.35. The Morgan fingerprint density at radius 3 is 2.72 bits per heavy atom. The monoisotopic (exact) mass is 249 g/mol. The van der Waals surface area contributed by atoms with Crippen molar-refractivity contribution in [2.75, 3.05) is 0 Å². The number of rotatable bonds is 3. The van der Waals surface area contributed by atoms with Crippen LogP contribution in [0.4, 0.5) is 8.78 Å². The van der Waals surface area contributed by atoms with Gasteiger partial charge in [-0.1, -0.05) is 18.2 Å². The first-order chi connectivity index (χ1) is 8.59. The van der Waals surface area contributed by atoms with E-state index in [9.17, 15) is 13.9 Å². The molecule has 1 atom stereocenters. The van der Waals surface area contributed by atoms with Crippen molar-refractivity contribution in [3.05, 3.63) is 65.0 Å². The molecule has 0 aliphatic carbocycles. The minimum atomic E-state index is -0.942. The van der Waals surface area contributed by atoms with Crippen LogP contribution in [0.5, 0.6) is 0 Å². The molecule has 1 aromatic heterocycles. The second-order valence-electron chi connectivity index (χ2n) is 4.14. The Morgan fingerprint density at radius 1 is 1.22 bits per heavy atom. The second-order valence-corrected chi connectivity index (χ2v) is 4.14. The van der Waals surface area contributed by atoms with Crippen LogP contribution in [-0.4, -0.2) is 10.1 Å². The molecule has 1 N–H and O–H groups in total. The van der Waals surface area contributed by atoms with Gasteiger partial charge in [0.2, 0.25) is 0 Å². The van der Waals surface area contributed by atoms with Crippen molar-refractivity contribution in [3.63, 3.8) is 0 Å². The van der Waals surface area contributed by atoms with Crippen molar-refractivity contribution in [2.45, 2.75) is 19.4 Å². The Hall–Kier alpha value is -1.81. The van der Waals surface area contributed by atoms with Crippen LogP contribution in [0.3, 0.4) is 0 Å². The molecule has 4 heteroatoms. The fourth-order valence-corrected chi connectivity index (χ4v) is 1.86. The van der Waals surface area contributed by atoms with Crippen LogP contribution < -0.4 is 0 Å². The smallest absolute Gasteiger partial charge is 0.162 e. The molecule has 0 fully saturated rings. The first-order valence-corrected chi connectivity index (χ1v) is 5.62. The zero-order chi connectivity index (χ0) is 13.1. The van der Waals surface area contributed by atoms with Gasteiger partial charge < -0.3 is 5.11 Å².